The molecule has 0 aromatic heterocycles. The summed E-state index contributed by atoms with van der Waals surface area (Å²) < 4.78 is 10.3. The second-order valence-corrected chi connectivity index (χ2v) is 7.12. The molecule has 1 aliphatic heterocycles. The number of likely N-dealkylation sites (tertiary alicyclic amines) is 1. The molecule has 2 amide bonds. The molecule has 2 aliphatic carbocycles. The van der Waals surface area contributed by atoms with Crippen LogP contribution in [-0.4, -0.2) is 75.8 Å². The summed E-state index contributed by atoms with van der Waals surface area (Å²) in [5.74, 6) is 0.915. The number of carbonyl (C=O) groups is 2. The molecule has 8 heteroatoms. The van der Waals surface area contributed by atoms with Gasteiger partial charge in [0, 0.05) is 26.7 Å². The Morgan fingerprint density at radius 3 is 2.48 bits per heavy atom. The minimum Gasteiger partial charge on any atom is -0.382 e. The summed E-state index contributed by atoms with van der Waals surface area (Å²) in [6.45, 7) is 5.74. The Bertz CT molecular complexity index is 577. The number of rotatable bonds is 10. The van der Waals surface area contributed by atoms with Crippen molar-refractivity contribution in [1.82, 2.24) is 15.5 Å². The minimum absolute atomic E-state index is 0.00266. The quantitative estimate of drug-likeness (QED) is 0.183. The number of nitrogens with one attached hydrogen (secondary N) is 2. The van der Waals surface area contributed by atoms with Gasteiger partial charge in [-0.3, -0.25) is 19.5 Å². The molecule has 1 heterocycles. The van der Waals surface area contributed by atoms with E-state index >= 15 is 0 Å². The van der Waals surface area contributed by atoms with E-state index < -0.39 is 0 Å². The lowest BCUT2D eigenvalue weighted by Gasteiger charge is -2.18. The number of amides is 2. The molecule has 2 bridgehead atoms. The Balaban J connectivity index is 1.43. The van der Waals surface area contributed by atoms with Crippen molar-refractivity contribution in [2.75, 3.05) is 53.1 Å². The minimum atomic E-state index is -0.126. The van der Waals surface area contributed by atoms with E-state index in [2.05, 4.69) is 27.8 Å². The maximum atomic E-state index is 12.7. The average Bonchev–Trinajstić information content (AvgIpc) is 3.34. The van der Waals surface area contributed by atoms with Gasteiger partial charge >= 0.3 is 0 Å². The lowest BCUT2D eigenvalue weighted by molar-refractivity contribution is -0.140. The van der Waals surface area contributed by atoms with Crippen LogP contribution < -0.4 is 10.6 Å². The van der Waals surface area contributed by atoms with Crippen LogP contribution in [0, 0.1) is 23.7 Å². The lowest BCUT2D eigenvalue weighted by atomic mass is 9.85. The molecule has 0 radical (unpaired) electrons. The van der Waals surface area contributed by atoms with Gasteiger partial charge in [-0.05, 0) is 25.2 Å². The fourth-order valence-electron chi connectivity index (χ4n) is 4.28. The highest BCUT2D eigenvalue weighted by Gasteiger charge is 2.58. The van der Waals surface area contributed by atoms with Gasteiger partial charge in [0.1, 0.15) is 0 Å². The molecule has 0 spiro atoms. The van der Waals surface area contributed by atoms with Crippen LogP contribution in [0.3, 0.4) is 0 Å². The third-order valence-corrected chi connectivity index (χ3v) is 5.47. The number of methoxy groups -OCH3 is 1. The highest BCUT2D eigenvalue weighted by Crippen LogP contribution is 2.52. The molecule has 3 rings (SSSR count). The van der Waals surface area contributed by atoms with Crippen molar-refractivity contribution >= 4 is 17.8 Å². The van der Waals surface area contributed by atoms with Crippen molar-refractivity contribution in [1.29, 1.82) is 0 Å². The van der Waals surface area contributed by atoms with Gasteiger partial charge in [0.2, 0.25) is 11.8 Å². The topological polar surface area (TPSA) is 92.3 Å². The van der Waals surface area contributed by atoms with Crippen LogP contribution >= 0.6 is 0 Å². The van der Waals surface area contributed by atoms with Crippen LogP contribution in [0.2, 0.25) is 0 Å². The third kappa shape index (κ3) is 4.32. The molecule has 2 fully saturated rings. The zero-order valence-corrected chi connectivity index (χ0v) is 16.1. The molecule has 0 aromatic rings. The van der Waals surface area contributed by atoms with Gasteiger partial charge in [0.15, 0.2) is 5.96 Å². The Morgan fingerprint density at radius 2 is 1.85 bits per heavy atom. The van der Waals surface area contributed by atoms with Gasteiger partial charge in [0.25, 0.3) is 0 Å². The first-order valence-electron chi connectivity index (χ1n) is 9.79. The van der Waals surface area contributed by atoms with Crippen LogP contribution in [0.5, 0.6) is 0 Å². The zero-order chi connectivity index (χ0) is 19.2. The summed E-state index contributed by atoms with van der Waals surface area (Å²) in [5.41, 5.74) is 0. The summed E-state index contributed by atoms with van der Waals surface area (Å²) in [5, 5.41) is 6.35. The first kappa shape index (κ1) is 19.8. The summed E-state index contributed by atoms with van der Waals surface area (Å²) in [7, 11) is 1.64. The number of guanidine groups is 1. The molecule has 1 saturated carbocycles. The molecule has 150 valence electrons. The van der Waals surface area contributed by atoms with Crippen molar-refractivity contribution in [3.63, 3.8) is 0 Å². The first-order valence-corrected chi connectivity index (χ1v) is 9.79. The van der Waals surface area contributed by atoms with Gasteiger partial charge in [0.05, 0.1) is 38.2 Å². The Kier molecular flexibility index (Phi) is 6.84. The molecule has 4 atom stereocenters. The standard InChI is InChI=1S/C19H30N4O4/c1-3-20-19(22-7-9-27-11-10-26-2)21-6-8-23-17(24)15-13-4-5-14(12-13)16(15)18(23)25/h4-5,13-16H,3,6-12H2,1-2H3,(H2,20,21,22). The van der Waals surface area contributed by atoms with Crippen LogP contribution in [0.4, 0.5) is 0 Å². The molecule has 4 unspecified atom stereocenters. The van der Waals surface area contributed by atoms with E-state index in [9.17, 15) is 9.59 Å². The zero-order valence-electron chi connectivity index (χ0n) is 16.1. The maximum absolute atomic E-state index is 12.7. The highest BCUT2D eigenvalue weighted by molar-refractivity contribution is 6.06. The maximum Gasteiger partial charge on any atom is 0.233 e. The number of carbonyl (C=O) groups excluding carboxylic acids is 2. The fourth-order valence-corrected chi connectivity index (χ4v) is 4.28. The number of fused-ring (bicyclic) bond motifs is 5. The van der Waals surface area contributed by atoms with Crippen LogP contribution in [0.25, 0.3) is 0 Å². The van der Waals surface area contributed by atoms with E-state index in [-0.39, 0.29) is 35.5 Å². The van der Waals surface area contributed by atoms with Crippen molar-refractivity contribution in [3.8, 4) is 0 Å². The predicted octanol–water partition coefficient (Wildman–Crippen LogP) is 0.0116. The van der Waals surface area contributed by atoms with Crippen molar-refractivity contribution in [2.45, 2.75) is 13.3 Å². The van der Waals surface area contributed by atoms with E-state index in [0.29, 0.717) is 45.4 Å². The normalized spacial score (nSPS) is 29.0. The Morgan fingerprint density at radius 1 is 1.15 bits per heavy atom. The Hall–Kier alpha value is -1.93. The lowest BCUT2D eigenvalue weighted by Crippen LogP contribution is -2.43. The van der Waals surface area contributed by atoms with Crippen molar-refractivity contribution < 1.29 is 19.1 Å². The summed E-state index contributed by atoms with van der Waals surface area (Å²) in [4.78, 5) is 31.2. The third-order valence-electron chi connectivity index (χ3n) is 5.47. The van der Waals surface area contributed by atoms with E-state index in [1.54, 1.807) is 7.11 Å². The number of allylic oxidation sites excluding steroid dienone is 2. The van der Waals surface area contributed by atoms with Crippen LogP contribution in [0.15, 0.2) is 17.1 Å². The summed E-state index contributed by atoms with van der Waals surface area (Å²) in [6, 6.07) is 0. The number of nitrogens with zero attached hydrogens (tertiary/aromatic N) is 2. The van der Waals surface area contributed by atoms with Gasteiger partial charge in [-0.1, -0.05) is 12.2 Å². The monoisotopic (exact) mass is 378 g/mol. The fraction of sp³-hybridized carbons (Fsp3) is 0.737. The molecular weight excluding hydrogens is 348 g/mol. The van der Waals surface area contributed by atoms with Crippen LogP contribution in [0.1, 0.15) is 13.3 Å². The number of imide groups is 1. The smallest absolute Gasteiger partial charge is 0.233 e. The number of aliphatic imine (C=N–C) groups is 1. The number of hydrogen-bond acceptors (Lipinski definition) is 5. The summed E-state index contributed by atoms with van der Waals surface area (Å²) in [6.07, 6.45) is 5.19. The van der Waals surface area contributed by atoms with Crippen LogP contribution in [-0.2, 0) is 19.1 Å². The van der Waals surface area contributed by atoms with Crippen molar-refractivity contribution in [3.05, 3.63) is 12.2 Å². The second kappa shape index (κ2) is 9.32. The number of hydrogen-bond donors (Lipinski definition) is 2. The molecule has 1 saturated heterocycles. The largest absolute Gasteiger partial charge is 0.382 e. The van der Waals surface area contributed by atoms with Gasteiger partial charge in [-0.2, -0.15) is 0 Å². The second-order valence-electron chi connectivity index (χ2n) is 7.12. The molecule has 3 aliphatic rings. The van der Waals surface area contributed by atoms with Gasteiger partial charge in [-0.25, -0.2) is 0 Å². The SMILES string of the molecule is CCNC(=NCCOCCOC)NCCN1C(=O)C2C3C=CC(C3)C2C1=O. The molecule has 0 aromatic carbocycles. The summed E-state index contributed by atoms with van der Waals surface area (Å²) >= 11 is 0. The molecule has 27 heavy (non-hydrogen) atoms. The van der Waals surface area contributed by atoms with E-state index in [0.717, 1.165) is 13.0 Å². The molecule has 2 N–H and O–H groups in total. The number of ether oxygens (including phenoxy) is 2. The molecule has 8 nitrogen and oxygen atoms in total. The first-order chi connectivity index (χ1) is 13.2. The average molecular weight is 378 g/mol. The predicted molar refractivity (Wildman–Crippen MR) is 101 cm³/mol. The molecular formula is C19H30N4O4. The van der Waals surface area contributed by atoms with E-state index in [4.69, 9.17) is 9.47 Å². The van der Waals surface area contributed by atoms with Gasteiger partial charge < -0.3 is 20.1 Å². The van der Waals surface area contributed by atoms with Gasteiger partial charge in [-0.15, -0.1) is 0 Å². The Labute approximate surface area is 160 Å². The van der Waals surface area contributed by atoms with Crippen molar-refractivity contribution in [2.24, 2.45) is 28.7 Å². The van der Waals surface area contributed by atoms with E-state index in [1.165, 1.54) is 4.90 Å². The highest BCUT2D eigenvalue weighted by atomic mass is 16.5. The van der Waals surface area contributed by atoms with E-state index in [1.807, 2.05) is 6.92 Å².